The number of thioether (sulfide) groups is 1. The Morgan fingerprint density at radius 3 is 2.50 bits per heavy atom. The third-order valence-corrected chi connectivity index (χ3v) is 8.80. The minimum atomic E-state index is -0.179. The van der Waals surface area contributed by atoms with Gasteiger partial charge < -0.3 is 9.64 Å². The molecule has 3 fully saturated rings. The number of carbonyl (C=O) groups excluding carboxylic acids is 1. The van der Waals surface area contributed by atoms with Crippen molar-refractivity contribution in [1.29, 1.82) is 0 Å². The number of nitrogens with zero attached hydrogens (tertiary/aromatic N) is 5. The molecule has 34 heavy (non-hydrogen) atoms. The largest absolute Gasteiger partial charge is 0.446 e. The molecule has 2 atom stereocenters. The number of hydrogen-bond acceptors (Lipinski definition) is 7. The van der Waals surface area contributed by atoms with Crippen LogP contribution in [0.3, 0.4) is 0 Å². The van der Waals surface area contributed by atoms with Gasteiger partial charge in [0.1, 0.15) is 11.1 Å². The van der Waals surface area contributed by atoms with Gasteiger partial charge in [0, 0.05) is 44.3 Å². The van der Waals surface area contributed by atoms with E-state index < -0.39 is 0 Å². The second-order valence-corrected chi connectivity index (χ2v) is 11.7. The zero-order chi connectivity index (χ0) is 23.9. The van der Waals surface area contributed by atoms with Gasteiger partial charge in [0.25, 0.3) is 0 Å². The molecule has 9 heteroatoms. The van der Waals surface area contributed by atoms with Crippen LogP contribution in [0.1, 0.15) is 32.3 Å². The molecule has 0 N–H and O–H groups in total. The number of aromatic nitrogens is 2. The monoisotopic (exact) mass is 545 g/mol. The number of amides is 1. The van der Waals surface area contributed by atoms with E-state index in [-0.39, 0.29) is 24.3 Å². The van der Waals surface area contributed by atoms with Gasteiger partial charge in [0.2, 0.25) is 5.95 Å². The average Bonchev–Trinajstić information content (AvgIpc) is 2.76. The van der Waals surface area contributed by atoms with Crippen molar-refractivity contribution in [2.24, 2.45) is 5.41 Å². The number of rotatable bonds is 5. The highest BCUT2D eigenvalue weighted by molar-refractivity contribution is 9.10. The highest BCUT2D eigenvalue weighted by Gasteiger charge is 2.54. The molecule has 2 aliphatic heterocycles. The summed E-state index contributed by atoms with van der Waals surface area (Å²) in [6.07, 6.45) is 5.64. The summed E-state index contributed by atoms with van der Waals surface area (Å²) >= 11 is 5.09. The van der Waals surface area contributed by atoms with Gasteiger partial charge in [-0.15, -0.1) is 11.8 Å². The highest BCUT2D eigenvalue weighted by Crippen LogP contribution is 2.50. The molecule has 0 radical (unpaired) electrons. The van der Waals surface area contributed by atoms with E-state index in [1.54, 1.807) is 18.0 Å². The summed E-state index contributed by atoms with van der Waals surface area (Å²) in [5.41, 5.74) is 1.71. The summed E-state index contributed by atoms with van der Waals surface area (Å²) in [6, 6.07) is 10.7. The molecular formula is C25H32BrN5O2S. The average molecular weight is 547 g/mol. The molecule has 3 heterocycles. The minimum absolute atomic E-state index is 0.0281. The van der Waals surface area contributed by atoms with Crippen LogP contribution >= 0.6 is 27.7 Å². The molecule has 5 rings (SSSR count). The van der Waals surface area contributed by atoms with Gasteiger partial charge in [-0.3, -0.25) is 9.80 Å². The van der Waals surface area contributed by atoms with Crippen LogP contribution in [0.25, 0.3) is 0 Å². The van der Waals surface area contributed by atoms with Gasteiger partial charge in [-0.05, 0) is 54.4 Å². The van der Waals surface area contributed by atoms with Crippen molar-refractivity contribution >= 4 is 39.7 Å². The van der Waals surface area contributed by atoms with Crippen LogP contribution in [0.15, 0.2) is 46.0 Å². The van der Waals surface area contributed by atoms with Gasteiger partial charge in [-0.2, -0.15) is 0 Å². The van der Waals surface area contributed by atoms with E-state index in [2.05, 4.69) is 79.9 Å². The first-order chi connectivity index (χ1) is 16.4. The van der Waals surface area contributed by atoms with Crippen molar-refractivity contribution in [3.8, 4) is 0 Å². The van der Waals surface area contributed by atoms with Crippen molar-refractivity contribution in [3.05, 3.63) is 46.6 Å². The van der Waals surface area contributed by atoms with Crippen LogP contribution in [-0.4, -0.2) is 76.5 Å². The van der Waals surface area contributed by atoms with E-state index in [4.69, 9.17) is 4.74 Å². The van der Waals surface area contributed by atoms with Crippen LogP contribution in [0, 0.1) is 5.41 Å². The smallest absolute Gasteiger partial charge is 0.410 e. The standard InChI is InChI=1S/C25H32BrN5O2S/c1-17-12-30(23-27-11-21(26)22(28-23)34-3)13-18(2)31(17)24(32)33-20-9-25(10-20)15-29(16-25)14-19-7-5-4-6-8-19/h4-8,11,17-18,20H,9-10,12-16H2,1-3H3/t17-,18+. The Hall–Kier alpha value is -1.84. The Bertz CT molecular complexity index is 1020. The second-order valence-electron chi connectivity index (χ2n) is 10.1. The quantitative estimate of drug-likeness (QED) is 0.399. The van der Waals surface area contributed by atoms with Gasteiger partial charge in [0.15, 0.2) is 0 Å². The Labute approximate surface area is 214 Å². The van der Waals surface area contributed by atoms with E-state index >= 15 is 0 Å². The molecule has 2 aromatic rings. The molecule has 1 aromatic heterocycles. The van der Waals surface area contributed by atoms with Crippen molar-refractivity contribution in [1.82, 2.24) is 19.8 Å². The lowest BCUT2D eigenvalue weighted by molar-refractivity contribution is -0.137. The molecule has 1 spiro atoms. The first kappa shape index (κ1) is 23.9. The fourth-order valence-corrected chi connectivity index (χ4v) is 6.89. The van der Waals surface area contributed by atoms with Crippen LogP contribution in [0.5, 0.6) is 0 Å². The maximum atomic E-state index is 13.1. The zero-order valence-corrected chi connectivity index (χ0v) is 22.4. The molecule has 1 aromatic carbocycles. The lowest BCUT2D eigenvalue weighted by atomic mass is 9.61. The molecule has 2 saturated heterocycles. The highest BCUT2D eigenvalue weighted by atomic mass is 79.9. The Morgan fingerprint density at radius 2 is 1.85 bits per heavy atom. The number of carbonyl (C=O) groups is 1. The summed E-state index contributed by atoms with van der Waals surface area (Å²) in [5.74, 6) is 0.713. The molecule has 1 amide bonds. The lowest BCUT2D eigenvalue weighted by Crippen LogP contribution is -2.65. The van der Waals surface area contributed by atoms with E-state index in [0.717, 1.165) is 42.0 Å². The van der Waals surface area contributed by atoms with Crippen molar-refractivity contribution in [2.45, 2.75) is 56.4 Å². The predicted octanol–water partition coefficient (Wildman–Crippen LogP) is 4.66. The molecule has 182 valence electrons. The van der Waals surface area contributed by atoms with Crippen molar-refractivity contribution < 1.29 is 9.53 Å². The number of benzene rings is 1. The van der Waals surface area contributed by atoms with Crippen LogP contribution < -0.4 is 4.90 Å². The molecule has 7 nitrogen and oxygen atoms in total. The maximum Gasteiger partial charge on any atom is 0.410 e. The van der Waals surface area contributed by atoms with Gasteiger partial charge in [0.05, 0.1) is 16.6 Å². The maximum absolute atomic E-state index is 13.1. The summed E-state index contributed by atoms with van der Waals surface area (Å²) < 4.78 is 6.86. The normalized spacial score (nSPS) is 24.6. The SMILES string of the molecule is CSc1nc(N2C[C@@H](C)N(C(=O)OC3CC4(C3)CN(Cc3ccccc3)C4)[C@@H](C)C2)ncc1Br. The fraction of sp³-hybridized carbons (Fsp3) is 0.560. The summed E-state index contributed by atoms with van der Waals surface area (Å²) in [6.45, 7) is 8.75. The van der Waals surface area contributed by atoms with E-state index in [1.165, 1.54) is 5.56 Å². The van der Waals surface area contributed by atoms with Crippen LogP contribution in [-0.2, 0) is 11.3 Å². The number of likely N-dealkylation sites (tertiary alicyclic amines) is 1. The molecule has 1 aliphatic carbocycles. The van der Waals surface area contributed by atoms with Crippen LogP contribution in [0.4, 0.5) is 10.7 Å². The number of ether oxygens (including phenoxy) is 1. The Kier molecular flexibility index (Phi) is 6.79. The topological polar surface area (TPSA) is 61.8 Å². The first-order valence-corrected chi connectivity index (χ1v) is 13.9. The van der Waals surface area contributed by atoms with Crippen LogP contribution in [0.2, 0.25) is 0 Å². The molecule has 1 saturated carbocycles. The minimum Gasteiger partial charge on any atom is -0.446 e. The fourth-order valence-electron chi connectivity index (χ4n) is 5.79. The molecule has 0 unspecified atom stereocenters. The Balaban J connectivity index is 1.10. The molecular weight excluding hydrogens is 514 g/mol. The zero-order valence-electron chi connectivity index (χ0n) is 20.0. The van der Waals surface area contributed by atoms with Crippen molar-refractivity contribution in [2.75, 3.05) is 37.3 Å². The van der Waals surface area contributed by atoms with E-state index in [9.17, 15) is 4.79 Å². The second kappa shape index (κ2) is 9.66. The number of anilines is 1. The predicted molar refractivity (Wildman–Crippen MR) is 138 cm³/mol. The Morgan fingerprint density at radius 1 is 1.18 bits per heavy atom. The number of hydrogen-bond donors (Lipinski definition) is 0. The first-order valence-electron chi connectivity index (χ1n) is 11.9. The van der Waals surface area contributed by atoms with E-state index in [1.807, 2.05) is 11.2 Å². The molecule has 3 aliphatic rings. The summed E-state index contributed by atoms with van der Waals surface area (Å²) in [5, 5.41) is 0.921. The molecule has 0 bridgehead atoms. The van der Waals surface area contributed by atoms with Gasteiger partial charge in [-0.25, -0.2) is 14.8 Å². The van der Waals surface area contributed by atoms with Gasteiger partial charge in [-0.1, -0.05) is 30.3 Å². The van der Waals surface area contributed by atoms with Crippen molar-refractivity contribution in [3.63, 3.8) is 0 Å². The van der Waals surface area contributed by atoms with Gasteiger partial charge >= 0.3 is 6.09 Å². The number of piperazine rings is 1. The third kappa shape index (κ3) is 4.79. The van der Waals surface area contributed by atoms with E-state index in [0.29, 0.717) is 24.5 Å². The lowest BCUT2D eigenvalue weighted by Gasteiger charge is -2.58. The summed E-state index contributed by atoms with van der Waals surface area (Å²) in [4.78, 5) is 28.8. The number of halogens is 1. The third-order valence-electron chi connectivity index (χ3n) is 7.26. The summed E-state index contributed by atoms with van der Waals surface area (Å²) in [7, 11) is 0.